The topological polar surface area (TPSA) is 151 Å². The molecule has 1 aliphatic heterocycles. The number of piperidine rings is 1. The van der Waals surface area contributed by atoms with E-state index in [1.54, 1.807) is 18.2 Å². The Morgan fingerprint density at radius 1 is 1.19 bits per heavy atom. The molecule has 31 heavy (non-hydrogen) atoms. The Balaban J connectivity index is 1.81. The number of carbonyl (C=O) groups excluding carboxylic acids is 1. The number of sulfonamides is 1. The average molecular weight is 452 g/mol. The van der Waals surface area contributed by atoms with Crippen LogP contribution in [0.4, 0.5) is 5.69 Å². The second kappa shape index (κ2) is 8.94. The first-order valence-corrected chi connectivity index (χ1v) is 11.0. The maximum atomic E-state index is 13.1. The van der Waals surface area contributed by atoms with Gasteiger partial charge in [0, 0.05) is 24.8 Å². The van der Waals surface area contributed by atoms with Crippen molar-refractivity contribution >= 4 is 21.6 Å². The predicted molar refractivity (Wildman–Crippen MR) is 112 cm³/mol. The highest BCUT2D eigenvalue weighted by molar-refractivity contribution is 7.89. The molecule has 1 aromatic carbocycles. The summed E-state index contributed by atoms with van der Waals surface area (Å²) in [5.41, 5.74) is -1.40. The molecule has 2 aromatic rings. The van der Waals surface area contributed by atoms with Crippen molar-refractivity contribution in [3.8, 4) is 11.5 Å². The fraction of sp³-hybridized carbons (Fsp3) is 0.421. The summed E-state index contributed by atoms with van der Waals surface area (Å²) in [6, 6.07) is 4.93. The van der Waals surface area contributed by atoms with Crippen LogP contribution in [-0.4, -0.2) is 55.9 Å². The molecule has 1 atom stereocenters. The molecule has 3 rings (SSSR count). The fourth-order valence-electron chi connectivity index (χ4n) is 3.54. The molecule has 168 valence electrons. The van der Waals surface area contributed by atoms with Gasteiger partial charge in [0.1, 0.15) is 11.5 Å². The van der Waals surface area contributed by atoms with E-state index in [4.69, 9.17) is 9.47 Å². The van der Waals surface area contributed by atoms with Crippen molar-refractivity contribution in [3.05, 3.63) is 44.7 Å². The van der Waals surface area contributed by atoms with Crippen molar-refractivity contribution < 1.29 is 22.7 Å². The Morgan fingerprint density at radius 2 is 1.94 bits per heavy atom. The van der Waals surface area contributed by atoms with Gasteiger partial charge in [0.05, 0.1) is 25.8 Å². The molecule has 0 saturated carbocycles. The summed E-state index contributed by atoms with van der Waals surface area (Å²) >= 11 is 0. The van der Waals surface area contributed by atoms with Crippen LogP contribution < -0.4 is 26.0 Å². The van der Waals surface area contributed by atoms with Crippen LogP contribution in [0.2, 0.25) is 0 Å². The van der Waals surface area contributed by atoms with Crippen LogP contribution in [-0.2, 0) is 14.8 Å². The number of methoxy groups -OCH3 is 2. The lowest BCUT2D eigenvalue weighted by Crippen LogP contribution is -2.45. The molecular weight excluding hydrogens is 428 g/mol. The number of hydrogen-bond donors (Lipinski definition) is 3. The number of aromatic nitrogens is 2. The van der Waals surface area contributed by atoms with Crippen molar-refractivity contribution in [2.45, 2.75) is 24.7 Å². The molecular formula is C19H24N4O7S. The zero-order valence-electron chi connectivity index (χ0n) is 17.4. The van der Waals surface area contributed by atoms with Gasteiger partial charge in [-0.25, -0.2) is 13.2 Å². The lowest BCUT2D eigenvalue weighted by atomic mass is 9.98. The Bertz CT molecular complexity index is 1200. The molecule has 2 heterocycles. The minimum absolute atomic E-state index is 0.0525. The van der Waals surface area contributed by atoms with Gasteiger partial charge >= 0.3 is 5.69 Å². The van der Waals surface area contributed by atoms with Gasteiger partial charge < -0.3 is 19.8 Å². The third-order valence-electron chi connectivity index (χ3n) is 5.09. The molecule has 0 aliphatic carbocycles. The summed E-state index contributed by atoms with van der Waals surface area (Å²) in [5, 5.41) is 2.77. The summed E-state index contributed by atoms with van der Waals surface area (Å²) in [7, 11) is -1.23. The van der Waals surface area contributed by atoms with E-state index in [-0.39, 0.29) is 24.7 Å². The number of anilines is 1. The Labute approximate surface area is 178 Å². The molecule has 1 amide bonds. The third kappa shape index (κ3) is 4.64. The van der Waals surface area contributed by atoms with Crippen molar-refractivity contribution in [2.75, 3.05) is 32.6 Å². The summed E-state index contributed by atoms with van der Waals surface area (Å²) in [5.74, 6) is -0.0254. The number of aryl methyl sites for hydroxylation is 1. The minimum Gasteiger partial charge on any atom is -0.497 e. The largest absolute Gasteiger partial charge is 0.497 e. The maximum absolute atomic E-state index is 13.1. The molecule has 1 saturated heterocycles. The van der Waals surface area contributed by atoms with Gasteiger partial charge in [-0.2, -0.15) is 4.31 Å². The summed E-state index contributed by atoms with van der Waals surface area (Å²) < 4.78 is 37.6. The lowest BCUT2D eigenvalue weighted by molar-refractivity contribution is -0.120. The zero-order valence-corrected chi connectivity index (χ0v) is 18.2. The van der Waals surface area contributed by atoms with Crippen LogP contribution in [0.3, 0.4) is 0 Å². The van der Waals surface area contributed by atoms with Crippen molar-refractivity contribution in [3.63, 3.8) is 0 Å². The molecule has 12 heteroatoms. The van der Waals surface area contributed by atoms with Gasteiger partial charge in [-0.1, -0.05) is 0 Å². The fourth-order valence-corrected chi connectivity index (χ4v) is 5.27. The smallest absolute Gasteiger partial charge is 0.325 e. The normalized spacial score (nSPS) is 17.2. The molecule has 0 radical (unpaired) electrons. The van der Waals surface area contributed by atoms with Crippen molar-refractivity contribution in [2.24, 2.45) is 5.92 Å². The molecule has 11 nitrogen and oxygen atoms in total. The number of amides is 1. The van der Waals surface area contributed by atoms with Crippen LogP contribution in [0.5, 0.6) is 11.5 Å². The first-order chi connectivity index (χ1) is 14.7. The SMILES string of the molecule is COc1ccc(NC(=O)[C@H]2CCCN(S(=O)(=O)c3c(C)[nH]c(=O)[nH]c3=O)C2)c(OC)c1. The highest BCUT2D eigenvalue weighted by atomic mass is 32.2. The number of carbonyl (C=O) groups is 1. The third-order valence-corrected chi connectivity index (χ3v) is 7.11. The first-order valence-electron chi connectivity index (χ1n) is 9.53. The van der Waals surface area contributed by atoms with Gasteiger partial charge in [0.2, 0.25) is 15.9 Å². The maximum Gasteiger partial charge on any atom is 0.325 e. The summed E-state index contributed by atoms with van der Waals surface area (Å²) in [6.07, 6.45) is 0.925. The molecule has 0 spiro atoms. The van der Waals surface area contributed by atoms with E-state index in [0.29, 0.717) is 30.0 Å². The minimum atomic E-state index is -4.20. The number of nitrogens with zero attached hydrogens (tertiary/aromatic N) is 1. The summed E-state index contributed by atoms with van der Waals surface area (Å²) in [4.78, 5) is 40.1. The Kier molecular flexibility index (Phi) is 6.51. The lowest BCUT2D eigenvalue weighted by Gasteiger charge is -2.31. The van der Waals surface area contributed by atoms with E-state index in [1.165, 1.54) is 21.1 Å². The second-order valence-corrected chi connectivity index (χ2v) is 8.99. The van der Waals surface area contributed by atoms with Gasteiger partial charge in [0.15, 0.2) is 4.90 Å². The van der Waals surface area contributed by atoms with E-state index in [1.807, 2.05) is 4.98 Å². The highest BCUT2D eigenvalue weighted by Gasteiger charge is 2.36. The Hall–Kier alpha value is -3.12. The average Bonchev–Trinajstić information content (AvgIpc) is 2.73. The van der Waals surface area contributed by atoms with E-state index < -0.39 is 32.1 Å². The Morgan fingerprint density at radius 3 is 2.58 bits per heavy atom. The number of H-pyrrole nitrogens is 2. The molecule has 1 aromatic heterocycles. The van der Waals surface area contributed by atoms with Crippen molar-refractivity contribution in [1.82, 2.24) is 14.3 Å². The number of nitrogens with one attached hydrogen (secondary N) is 3. The van der Waals surface area contributed by atoms with Gasteiger partial charge in [-0.3, -0.25) is 14.6 Å². The predicted octanol–water partition coefficient (Wildman–Crippen LogP) is 0.428. The van der Waals surface area contributed by atoms with Crippen LogP contribution in [0.15, 0.2) is 32.7 Å². The molecule has 1 fully saturated rings. The van der Waals surface area contributed by atoms with E-state index in [9.17, 15) is 22.8 Å². The number of benzene rings is 1. The van der Waals surface area contributed by atoms with Crippen LogP contribution in [0, 0.1) is 12.8 Å². The monoisotopic (exact) mass is 452 g/mol. The molecule has 0 unspecified atom stereocenters. The number of rotatable bonds is 6. The zero-order chi connectivity index (χ0) is 22.8. The van der Waals surface area contributed by atoms with Gasteiger partial charge in [-0.05, 0) is 31.9 Å². The van der Waals surface area contributed by atoms with Gasteiger partial charge in [-0.15, -0.1) is 0 Å². The molecule has 3 N–H and O–H groups in total. The quantitative estimate of drug-likeness (QED) is 0.575. The highest BCUT2D eigenvalue weighted by Crippen LogP contribution is 2.30. The number of aromatic amines is 2. The van der Waals surface area contributed by atoms with Crippen LogP contribution in [0.25, 0.3) is 0 Å². The van der Waals surface area contributed by atoms with E-state index in [2.05, 4.69) is 10.3 Å². The van der Waals surface area contributed by atoms with Crippen LogP contribution in [0.1, 0.15) is 18.5 Å². The van der Waals surface area contributed by atoms with Crippen molar-refractivity contribution in [1.29, 1.82) is 0 Å². The number of ether oxygens (including phenoxy) is 2. The first kappa shape index (κ1) is 22.6. The number of hydrogen-bond acceptors (Lipinski definition) is 7. The standard InChI is InChI=1S/C19H24N4O7S/c1-11-16(18(25)22-19(26)20-11)31(27,28)23-8-4-5-12(10-23)17(24)21-14-7-6-13(29-2)9-15(14)30-3/h6-7,9,12H,4-5,8,10H2,1-3H3,(H,21,24)(H2,20,22,25,26)/t12-/m0/s1. The van der Waals surface area contributed by atoms with E-state index >= 15 is 0 Å². The molecule has 0 bridgehead atoms. The van der Waals surface area contributed by atoms with Gasteiger partial charge in [0.25, 0.3) is 5.56 Å². The summed E-state index contributed by atoms with van der Waals surface area (Å²) in [6.45, 7) is 1.41. The van der Waals surface area contributed by atoms with Crippen LogP contribution >= 0.6 is 0 Å². The second-order valence-electron chi connectivity index (χ2n) is 7.12. The molecule has 1 aliphatic rings. The van der Waals surface area contributed by atoms with E-state index in [0.717, 1.165) is 4.31 Å².